The van der Waals surface area contributed by atoms with Gasteiger partial charge >= 0.3 is 6.18 Å². The minimum Gasteiger partial charge on any atom is -0.449 e. The van der Waals surface area contributed by atoms with E-state index in [2.05, 4.69) is 0 Å². The van der Waals surface area contributed by atoms with Crippen LogP contribution >= 0.6 is 23.4 Å². The molecule has 0 fully saturated rings. The van der Waals surface area contributed by atoms with Crippen molar-refractivity contribution in [2.45, 2.75) is 17.0 Å². The third-order valence-electron chi connectivity index (χ3n) is 3.34. The van der Waals surface area contributed by atoms with E-state index in [9.17, 15) is 13.2 Å². The van der Waals surface area contributed by atoms with Crippen LogP contribution in [0.15, 0.2) is 70.2 Å². The molecule has 3 rings (SSSR count). The smallest absolute Gasteiger partial charge is 0.420 e. The SMILES string of the molecule is FC(F)(F)c1cc(-c2ccc(Cl)cc2)oc1SCc1ccccc1. The summed E-state index contributed by atoms with van der Waals surface area (Å²) in [4.78, 5) is 0. The van der Waals surface area contributed by atoms with Gasteiger partial charge in [-0.2, -0.15) is 13.2 Å². The molecular weight excluding hydrogens is 357 g/mol. The van der Waals surface area contributed by atoms with Crippen LogP contribution in [0, 0.1) is 0 Å². The summed E-state index contributed by atoms with van der Waals surface area (Å²) >= 11 is 6.84. The van der Waals surface area contributed by atoms with Gasteiger partial charge < -0.3 is 4.42 Å². The summed E-state index contributed by atoms with van der Waals surface area (Å²) in [7, 11) is 0. The van der Waals surface area contributed by atoms with Crippen LogP contribution in [-0.2, 0) is 11.9 Å². The summed E-state index contributed by atoms with van der Waals surface area (Å²) in [6, 6.07) is 16.8. The summed E-state index contributed by atoms with van der Waals surface area (Å²) in [6.07, 6.45) is -4.47. The van der Waals surface area contributed by atoms with E-state index in [0.29, 0.717) is 16.3 Å². The highest BCUT2D eigenvalue weighted by atomic mass is 35.5. The van der Waals surface area contributed by atoms with Crippen LogP contribution in [0.2, 0.25) is 5.02 Å². The van der Waals surface area contributed by atoms with E-state index in [4.69, 9.17) is 16.0 Å². The van der Waals surface area contributed by atoms with Crippen molar-refractivity contribution < 1.29 is 17.6 Å². The van der Waals surface area contributed by atoms with Gasteiger partial charge in [0.25, 0.3) is 0 Å². The minimum atomic E-state index is -4.47. The number of thioether (sulfide) groups is 1. The van der Waals surface area contributed by atoms with Crippen molar-refractivity contribution in [2.75, 3.05) is 0 Å². The molecule has 0 atom stereocenters. The molecule has 0 aliphatic carbocycles. The van der Waals surface area contributed by atoms with Gasteiger partial charge in [-0.25, -0.2) is 0 Å². The number of hydrogen-bond acceptors (Lipinski definition) is 2. The Bertz CT molecular complexity index is 811. The molecule has 0 bridgehead atoms. The molecule has 24 heavy (non-hydrogen) atoms. The Morgan fingerprint density at radius 3 is 2.25 bits per heavy atom. The van der Waals surface area contributed by atoms with Crippen LogP contribution in [0.5, 0.6) is 0 Å². The first-order valence-electron chi connectivity index (χ1n) is 7.07. The minimum absolute atomic E-state index is 0.128. The predicted octanol–water partition coefficient (Wildman–Crippen LogP) is 6.91. The normalized spacial score (nSPS) is 11.7. The summed E-state index contributed by atoms with van der Waals surface area (Å²) in [5.41, 5.74) is 0.727. The third-order valence-corrected chi connectivity index (χ3v) is 4.64. The molecule has 0 saturated heterocycles. The van der Waals surface area contributed by atoms with Crippen LogP contribution in [0.3, 0.4) is 0 Å². The van der Waals surface area contributed by atoms with Gasteiger partial charge in [0.15, 0.2) is 5.09 Å². The van der Waals surface area contributed by atoms with E-state index < -0.39 is 11.7 Å². The van der Waals surface area contributed by atoms with Crippen molar-refractivity contribution in [1.82, 2.24) is 0 Å². The Hall–Kier alpha value is -1.85. The Morgan fingerprint density at radius 1 is 0.958 bits per heavy atom. The number of benzene rings is 2. The highest BCUT2D eigenvalue weighted by molar-refractivity contribution is 7.98. The van der Waals surface area contributed by atoms with Gasteiger partial charge in [0.05, 0.1) is 0 Å². The lowest BCUT2D eigenvalue weighted by Gasteiger charge is -2.05. The lowest BCUT2D eigenvalue weighted by atomic mass is 10.1. The van der Waals surface area contributed by atoms with E-state index in [1.807, 2.05) is 30.3 Å². The average Bonchev–Trinajstić information content (AvgIpc) is 2.99. The highest BCUT2D eigenvalue weighted by Gasteiger charge is 2.37. The lowest BCUT2D eigenvalue weighted by molar-refractivity contribution is -0.140. The van der Waals surface area contributed by atoms with Gasteiger partial charge in [-0.1, -0.05) is 53.7 Å². The standard InChI is InChI=1S/C18H12ClF3OS/c19-14-8-6-13(7-9-14)16-10-15(18(20,21)22)17(23-16)24-11-12-4-2-1-3-5-12/h1-10H,11H2. The fourth-order valence-electron chi connectivity index (χ4n) is 2.16. The third kappa shape index (κ3) is 3.97. The number of furan rings is 1. The molecule has 1 nitrogen and oxygen atoms in total. The summed E-state index contributed by atoms with van der Waals surface area (Å²) < 4.78 is 45.3. The molecule has 2 aromatic carbocycles. The summed E-state index contributed by atoms with van der Waals surface area (Å²) in [6.45, 7) is 0. The van der Waals surface area contributed by atoms with E-state index in [1.54, 1.807) is 24.3 Å². The molecule has 1 heterocycles. The molecule has 6 heteroatoms. The maximum atomic E-state index is 13.3. The molecular formula is C18H12ClF3OS. The zero-order valence-electron chi connectivity index (χ0n) is 12.3. The molecule has 3 aromatic rings. The van der Waals surface area contributed by atoms with Gasteiger partial charge in [0.1, 0.15) is 11.3 Å². The Balaban J connectivity index is 1.90. The van der Waals surface area contributed by atoms with Crippen LogP contribution in [0.25, 0.3) is 11.3 Å². The van der Waals surface area contributed by atoms with E-state index in [-0.39, 0.29) is 10.9 Å². The molecule has 124 valence electrons. The topological polar surface area (TPSA) is 13.1 Å². The average molecular weight is 369 g/mol. The summed E-state index contributed by atoms with van der Waals surface area (Å²) in [5.74, 6) is 0.576. The molecule has 1 aromatic heterocycles. The quantitative estimate of drug-likeness (QED) is 0.464. The number of halogens is 4. The van der Waals surface area contributed by atoms with E-state index in [0.717, 1.165) is 23.4 Å². The maximum Gasteiger partial charge on any atom is 0.420 e. The van der Waals surface area contributed by atoms with Gasteiger partial charge in [-0.3, -0.25) is 0 Å². The predicted molar refractivity (Wildman–Crippen MR) is 90.2 cm³/mol. The fraction of sp³-hybridized carbons (Fsp3) is 0.111. The molecule has 0 spiro atoms. The number of alkyl halides is 3. The first-order chi connectivity index (χ1) is 11.4. The van der Waals surface area contributed by atoms with Gasteiger partial charge in [0, 0.05) is 16.3 Å². The number of rotatable bonds is 4. The Kier molecular flexibility index (Phi) is 4.92. The zero-order chi connectivity index (χ0) is 17.2. The first-order valence-corrected chi connectivity index (χ1v) is 8.43. The fourth-order valence-corrected chi connectivity index (χ4v) is 3.25. The van der Waals surface area contributed by atoms with Crippen molar-refractivity contribution in [3.63, 3.8) is 0 Å². The van der Waals surface area contributed by atoms with Crippen molar-refractivity contribution in [3.8, 4) is 11.3 Å². The monoisotopic (exact) mass is 368 g/mol. The van der Waals surface area contributed by atoms with Crippen LogP contribution in [0.4, 0.5) is 13.2 Å². The molecule has 0 amide bonds. The van der Waals surface area contributed by atoms with Crippen LogP contribution in [0.1, 0.15) is 11.1 Å². The van der Waals surface area contributed by atoms with Crippen molar-refractivity contribution in [1.29, 1.82) is 0 Å². The van der Waals surface area contributed by atoms with Crippen molar-refractivity contribution in [3.05, 3.63) is 76.8 Å². The Labute approximate surface area is 146 Å². The molecule has 0 saturated carbocycles. The maximum absolute atomic E-state index is 13.3. The molecule has 0 unspecified atom stereocenters. The van der Waals surface area contributed by atoms with Gasteiger partial charge in [-0.05, 0) is 35.9 Å². The number of hydrogen-bond donors (Lipinski definition) is 0. The van der Waals surface area contributed by atoms with Crippen molar-refractivity contribution >= 4 is 23.4 Å². The zero-order valence-corrected chi connectivity index (χ0v) is 13.9. The van der Waals surface area contributed by atoms with Crippen molar-refractivity contribution in [2.24, 2.45) is 0 Å². The first kappa shape index (κ1) is 17.0. The second-order valence-electron chi connectivity index (χ2n) is 5.09. The van der Waals surface area contributed by atoms with Crippen LogP contribution < -0.4 is 0 Å². The Morgan fingerprint density at radius 2 is 1.62 bits per heavy atom. The second kappa shape index (κ2) is 6.95. The van der Waals surface area contributed by atoms with Crippen LogP contribution in [-0.4, -0.2) is 0 Å². The molecule has 0 N–H and O–H groups in total. The van der Waals surface area contributed by atoms with Gasteiger partial charge in [0.2, 0.25) is 0 Å². The highest BCUT2D eigenvalue weighted by Crippen LogP contribution is 2.42. The van der Waals surface area contributed by atoms with E-state index in [1.165, 1.54) is 0 Å². The van der Waals surface area contributed by atoms with Gasteiger partial charge in [-0.15, -0.1) is 0 Å². The largest absolute Gasteiger partial charge is 0.449 e. The molecule has 0 aliphatic heterocycles. The summed E-state index contributed by atoms with van der Waals surface area (Å²) in [5, 5.41) is 0.385. The van der Waals surface area contributed by atoms with E-state index >= 15 is 0 Å². The second-order valence-corrected chi connectivity index (χ2v) is 6.48. The molecule has 0 radical (unpaired) electrons. The molecule has 0 aliphatic rings. The lowest BCUT2D eigenvalue weighted by Crippen LogP contribution is -2.04.